The SMILES string of the molecule is CCOC(=O)[C@@H]1CCCN(C(=O)[C@H]2CC(=O)N(c3ccc(C)cc3)C2)C1. The fourth-order valence-corrected chi connectivity index (χ4v) is 3.74. The topological polar surface area (TPSA) is 66.9 Å². The average molecular weight is 358 g/mol. The molecular weight excluding hydrogens is 332 g/mol. The van der Waals surface area contributed by atoms with E-state index < -0.39 is 0 Å². The highest BCUT2D eigenvalue weighted by molar-refractivity contribution is 6.00. The molecular formula is C20H26N2O4. The second kappa shape index (κ2) is 7.89. The predicted molar refractivity (Wildman–Crippen MR) is 97.6 cm³/mol. The highest BCUT2D eigenvalue weighted by atomic mass is 16.5. The van der Waals surface area contributed by atoms with Crippen molar-refractivity contribution in [1.82, 2.24) is 4.90 Å². The van der Waals surface area contributed by atoms with Gasteiger partial charge < -0.3 is 14.5 Å². The van der Waals surface area contributed by atoms with E-state index >= 15 is 0 Å². The second-order valence-electron chi connectivity index (χ2n) is 7.12. The van der Waals surface area contributed by atoms with Gasteiger partial charge in [0.1, 0.15) is 0 Å². The molecule has 6 nitrogen and oxygen atoms in total. The van der Waals surface area contributed by atoms with Crippen molar-refractivity contribution >= 4 is 23.5 Å². The molecule has 0 unspecified atom stereocenters. The van der Waals surface area contributed by atoms with Crippen LogP contribution in [0.2, 0.25) is 0 Å². The number of hydrogen-bond acceptors (Lipinski definition) is 4. The largest absolute Gasteiger partial charge is 0.466 e. The molecule has 2 aliphatic heterocycles. The van der Waals surface area contributed by atoms with E-state index in [1.165, 1.54) is 0 Å². The Labute approximate surface area is 154 Å². The van der Waals surface area contributed by atoms with Crippen LogP contribution in [-0.2, 0) is 19.1 Å². The van der Waals surface area contributed by atoms with Gasteiger partial charge in [-0.2, -0.15) is 0 Å². The second-order valence-corrected chi connectivity index (χ2v) is 7.12. The number of rotatable bonds is 4. The zero-order chi connectivity index (χ0) is 18.7. The standard InChI is InChI=1S/C20H26N2O4/c1-3-26-20(25)15-5-4-10-21(12-15)19(24)16-11-18(23)22(13-16)17-8-6-14(2)7-9-17/h6-9,15-16H,3-5,10-13H2,1-2H3/t15-,16+/m1/s1. The van der Waals surface area contributed by atoms with Crippen molar-refractivity contribution in [3.8, 4) is 0 Å². The molecule has 0 aromatic heterocycles. The highest BCUT2D eigenvalue weighted by Gasteiger charge is 2.39. The average Bonchev–Trinajstić information content (AvgIpc) is 3.04. The summed E-state index contributed by atoms with van der Waals surface area (Å²) in [6, 6.07) is 7.76. The minimum atomic E-state index is -0.343. The minimum Gasteiger partial charge on any atom is -0.466 e. The van der Waals surface area contributed by atoms with Crippen LogP contribution in [0.1, 0.15) is 31.7 Å². The van der Waals surface area contributed by atoms with Gasteiger partial charge in [0, 0.05) is 31.7 Å². The number of nitrogens with zero attached hydrogens (tertiary/aromatic N) is 2. The Hall–Kier alpha value is -2.37. The van der Waals surface area contributed by atoms with Crippen LogP contribution in [0, 0.1) is 18.8 Å². The van der Waals surface area contributed by atoms with Crippen molar-refractivity contribution in [1.29, 1.82) is 0 Å². The van der Waals surface area contributed by atoms with E-state index in [0.717, 1.165) is 24.1 Å². The van der Waals surface area contributed by atoms with Gasteiger partial charge >= 0.3 is 5.97 Å². The van der Waals surface area contributed by atoms with E-state index in [1.54, 1.807) is 16.7 Å². The monoisotopic (exact) mass is 358 g/mol. The Morgan fingerprint density at radius 2 is 1.88 bits per heavy atom. The first-order chi connectivity index (χ1) is 12.5. The number of piperidine rings is 1. The van der Waals surface area contributed by atoms with Crippen LogP contribution in [0.4, 0.5) is 5.69 Å². The summed E-state index contributed by atoms with van der Waals surface area (Å²) in [7, 11) is 0. The Bertz CT molecular complexity index is 686. The van der Waals surface area contributed by atoms with Gasteiger partial charge in [-0.25, -0.2) is 0 Å². The van der Waals surface area contributed by atoms with Crippen LogP contribution >= 0.6 is 0 Å². The number of hydrogen-bond donors (Lipinski definition) is 0. The summed E-state index contributed by atoms with van der Waals surface area (Å²) in [5, 5.41) is 0. The molecule has 1 aromatic rings. The Morgan fingerprint density at radius 1 is 1.15 bits per heavy atom. The van der Waals surface area contributed by atoms with Crippen LogP contribution in [0.5, 0.6) is 0 Å². The number of benzene rings is 1. The van der Waals surface area contributed by atoms with Crippen molar-refractivity contribution in [3.05, 3.63) is 29.8 Å². The van der Waals surface area contributed by atoms with Gasteiger partial charge in [-0.15, -0.1) is 0 Å². The zero-order valence-corrected chi connectivity index (χ0v) is 15.4. The number of carbonyl (C=O) groups is 3. The molecule has 2 atom stereocenters. The van der Waals surface area contributed by atoms with Crippen molar-refractivity contribution < 1.29 is 19.1 Å². The molecule has 1 aromatic carbocycles. The number of likely N-dealkylation sites (tertiary alicyclic amines) is 1. The summed E-state index contributed by atoms with van der Waals surface area (Å²) >= 11 is 0. The lowest BCUT2D eigenvalue weighted by molar-refractivity contribution is -0.152. The van der Waals surface area contributed by atoms with E-state index in [-0.39, 0.29) is 36.0 Å². The van der Waals surface area contributed by atoms with Gasteiger partial charge in [0.2, 0.25) is 11.8 Å². The van der Waals surface area contributed by atoms with Gasteiger partial charge in [-0.3, -0.25) is 14.4 Å². The van der Waals surface area contributed by atoms with Gasteiger partial charge in [0.25, 0.3) is 0 Å². The van der Waals surface area contributed by atoms with E-state index in [9.17, 15) is 14.4 Å². The number of amides is 2. The molecule has 140 valence electrons. The third-order valence-electron chi connectivity index (χ3n) is 5.17. The quantitative estimate of drug-likeness (QED) is 0.774. The van der Waals surface area contributed by atoms with Crippen LogP contribution in [-0.4, -0.2) is 48.9 Å². The number of esters is 1. The lowest BCUT2D eigenvalue weighted by Gasteiger charge is -2.33. The lowest BCUT2D eigenvalue weighted by atomic mass is 9.96. The molecule has 0 N–H and O–H groups in total. The first kappa shape index (κ1) is 18.4. The fourth-order valence-electron chi connectivity index (χ4n) is 3.74. The van der Waals surface area contributed by atoms with Crippen molar-refractivity contribution in [2.45, 2.75) is 33.1 Å². The van der Waals surface area contributed by atoms with Crippen LogP contribution in [0.3, 0.4) is 0 Å². The summed E-state index contributed by atoms with van der Waals surface area (Å²) in [6.07, 6.45) is 1.77. The minimum absolute atomic E-state index is 0.0221. The third kappa shape index (κ3) is 3.89. The summed E-state index contributed by atoms with van der Waals surface area (Å²) in [5.41, 5.74) is 1.96. The van der Waals surface area contributed by atoms with E-state index in [0.29, 0.717) is 26.2 Å². The Balaban J connectivity index is 1.64. The van der Waals surface area contributed by atoms with Crippen LogP contribution in [0.15, 0.2) is 24.3 Å². The molecule has 2 aliphatic rings. The smallest absolute Gasteiger partial charge is 0.310 e. The molecule has 0 spiro atoms. The summed E-state index contributed by atoms with van der Waals surface area (Å²) in [5.74, 6) is -0.871. The Morgan fingerprint density at radius 3 is 2.58 bits per heavy atom. The molecule has 2 heterocycles. The molecule has 3 rings (SSSR count). The van der Waals surface area contributed by atoms with Crippen LogP contribution in [0.25, 0.3) is 0 Å². The highest BCUT2D eigenvalue weighted by Crippen LogP contribution is 2.28. The zero-order valence-electron chi connectivity index (χ0n) is 15.4. The molecule has 26 heavy (non-hydrogen) atoms. The number of carbonyl (C=O) groups excluding carboxylic acids is 3. The molecule has 0 bridgehead atoms. The molecule has 6 heteroatoms. The lowest BCUT2D eigenvalue weighted by Crippen LogP contribution is -2.45. The number of aryl methyl sites for hydroxylation is 1. The van der Waals surface area contributed by atoms with Gasteiger partial charge in [0.15, 0.2) is 0 Å². The van der Waals surface area contributed by atoms with Crippen LogP contribution < -0.4 is 4.90 Å². The fraction of sp³-hybridized carbons (Fsp3) is 0.550. The summed E-state index contributed by atoms with van der Waals surface area (Å²) in [4.78, 5) is 40.7. The van der Waals surface area contributed by atoms with Crippen molar-refractivity contribution in [2.75, 3.05) is 31.1 Å². The maximum absolute atomic E-state index is 12.9. The first-order valence-electron chi connectivity index (χ1n) is 9.32. The van der Waals surface area contributed by atoms with E-state index in [2.05, 4.69) is 0 Å². The van der Waals surface area contributed by atoms with Crippen molar-refractivity contribution in [3.63, 3.8) is 0 Å². The van der Waals surface area contributed by atoms with E-state index in [1.807, 2.05) is 31.2 Å². The van der Waals surface area contributed by atoms with Gasteiger partial charge in [0.05, 0.1) is 18.4 Å². The summed E-state index contributed by atoms with van der Waals surface area (Å²) < 4.78 is 5.10. The molecule has 0 aliphatic carbocycles. The number of ether oxygens (including phenoxy) is 1. The van der Waals surface area contributed by atoms with Crippen molar-refractivity contribution in [2.24, 2.45) is 11.8 Å². The molecule has 0 radical (unpaired) electrons. The Kier molecular flexibility index (Phi) is 5.59. The first-order valence-corrected chi connectivity index (χ1v) is 9.32. The molecule has 2 saturated heterocycles. The maximum atomic E-state index is 12.9. The maximum Gasteiger partial charge on any atom is 0.310 e. The van der Waals surface area contributed by atoms with Gasteiger partial charge in [-0.1, -0.05) is 17.7 Å². The summed E-state index contributed by atoms with van der Waals surface area (Å²) in [6.45, 7) is 5.58. The number of anilines is 1. The van der Waals surface area contributed by atoms with Gasteiger partial charge in [-0.05, 0) is 38.8 Å². The normalized spacial score (nSPS) is 23.2. The molecule has 2 fully saturated rings. The third-order valence-corrected chi connectivity index (χ3v) is 5.17. The molecule has 2 amide bonds. The van der Waals surface area contributed by atoms with E-state index in [4.69, 9.17) is 4.74 Å². The molecule has 0 saturated carbocycles. The predicted octanol–water partition coefficient (Wildman–Crippen LogP) is 2.15.